The summed E-state index contributed by atoms with van der Waals surface area (Å²) < 4.78 is 6.66. The SMILES string of the molecule is O=C(c1ccc2ncsc2c1)N1CCCCC[C@H]1c1ccco1. The summed E-state index contributed by atoms with van der Waals surface area (Å²) in [6, 6.07) is 9.68. The minimum atomic E-state index is 0.0390. The van der Waals surface area contributed by atoms with Crippen LogP contribution in [-0.2, 0) is 0 Å². The maximum Gasteiger partial charge on any atom is 0.254 e. The molecule has 1 atom stereocenters. The molecule has 4 nitrogen and oxygen atoms in total. The smallest absolute Gasteiger partial charge is 0.254 e. The van der Waals surface area contributed by atoms with E-state index in [9.17, 15) is 4.79 Å². The van der Waals surface area contributed by atoms with Crippen molar-refractivity contribution >= 4 is 27.5 Å². The van der Waals surface area contributed by atoms with Crippen LogP contribution in [-0.4, -0.2) is 22.3 Å². The number of nitrogens with zero attached hydrogens (tertiary/aromatic N) is 2. The van der Waals surface area contributed by atoms with Crippen LogP contribution < -0.4 is 0 Å². The maximum absolute atomic E-state index is 13.1. The summed E-state index contributed by atoms with van der Waals surface area (Å²) >= 11 is 1.57. The van der Waals surface area contributed by atoms with Crippen LogP contribution in [0.15, 0.2) is 46.5 Å². The summed E-state index contributed by atoms with van der Waals surface area (Å²) in [6.07, 6.45) is 5.98. The number of carbonyl (C=O) groups excluding carboxylic acids is 1. The lowest BCUT2D eigenvalue weighted by Crippen LogP contribution is -2.34. The van der Waals surface area contributed by atoms with Crippen LogP contribution in [0.25, 0.3) is 10.2 Å². The Morgan fingerprint density at radius 1 is 1.26 bits per heavy atom. The van der Waals surface area contributed by atoms with Crippen LogP contribution in [0.1, 0.15) is 47.8 Å². The summed E-state index contributed by atoms with van der Waals surface area (Å²) in [7, 11) is 0. The summed E-state index contributed by atoms with van der Waals surface area (Å²) in [6.45, 7) is 0.783. The van der Waals surface area contributed by atoms with Crippen molar-refractivity contribution in [3.05, 3.63) is 53.4 Å². The van der Waals surface area contributed by atoms with Crippen LogP contribution in [0.3, 0.4) is 0 Å². The molecule has 0 aliphatic carbocycles. The van der Waals surface area contributed by atoms with E-state index in [1.165, 1.54) is 0 Å². The van der Waals surface area contributed by atoms with Crippen LogP contribution in [0.5, 0.6) is 0 Å². The van der Waals surface area contributed by atoms with E-state index in [-0.39, 0.29) is 11.9 Å². The van der Waals surface area contributed by atoms with Gasteiger partial charge < -0.3 is 9.32 Å². The van der Waals surface area contributed by atoms with Gasteiger partial charge in [0, 0.05) is 12.1 Å². The molecule has 0 saturated carbocycles. The zero-order chi connectivity index (χ0) is 15.6. The second-order valence-corrected chi connectivity index (χ2v) is 6.80. The Morgan fingerprint density at radius 3 is 3.09 bits per heavy atom. The summed E-state index contributed by atoms with van der Waals surface area (Å²) in [5.41, 5.74) is 3.50. The van der Waals surface area contributed by atoms with Gasteiger partial charge in [0.25, 0.3) is 5.91 Å². The highest BCUT2D eigenvalue weighted by atomic mass is 32.1. The van der Waals surface area contributed by atoms with Crippen molar-refractivity contribution in [3.8, 4) is 0 Å². The molecule has 3 heterocycles. The molecular weight excluding hydrogens is 308 g/mol. The Balaban J connectivity index is 1.68. The third-order valence-corrected chi connectivity index (χ3v) is 5.26. The first-order valence-corrected chi connectivity index (χ1v) is 8.88. The Labute approximate surface area is 138 Å². The largest absolute Gasteiger partial charge is 0.467 e. The molecule has 1 amide bonds. The van der Waals surface area contributed by atoms with Gasteiger partial charge in [0.1, 0.15) is 5.76 Å². The first-order chi connectivity index (χ1) is 11.3. The number of carbonyl (C=O) groups is 1. The van der Waals surface area contributed by atoms with E-state index in [1.54, 1.807) is 17.6 Å². The predicted octanol–water partition coefficient (Wildman–Crippen LogP) is 4.65. The second kappa shape index (κ2) is 6.16. The molecule has 3 aromatic rings. The summed E-state index contributed by atoms with van der Waals surface area (Å²) in [5, 5.41) is 0. The molecule has 0 N–H and O–H groups in total. The van der Waals surface area contributed by atoms with Crippen molar-refractivity contribution in [2.75, 3.05) is 6.54 Å². The van der Waals surface area contributed by atoms with Gasteiger partial charge >= 0.3 is 0 Å². The van der Waals surface area contributed by atoms with Crippen molar-refractivity contribution in [2.45, 2.75) is 31.7 Å². The fourth-order valence-corrected chi connectivity index (χ4v) is 4.00. The number of likely N-dealkylation sites (tertiary alicyclic amines) is 1. The monoisotopic (exact) mass is 326 g/mol. The molecule has 1 aromatic carbocycles. The Hall–Kier alpha value is -2.14. The van der Waals surface area contributed by atoms with E-state index in [0.29, 0.717) is 0 Å². The average Bonchev–Trinajstić information content (AvgIpc) is 3.21. The fraction of sp³-hybridized carbons (Fsp3) is 0.333. The number of fused-ring (bicyclic) bond motifs is 1. The molecule has 0 unspecified atom stereocenters. The lowest BCUT2D eigenvalue weighted by molar-refractivity contribution is 0.0658. The summed E-state index contributed by atoms with van der Waals surface area (Å²) in [4.78, 5) is 19.4. The number of amides is 1. The molecule has 0 bridgehead atoms. The molecule has 2 aromatic heterocycles. The molecule has 5 heteroatoms. The zero-order valence-electron chi connectivity index (χ0n) is 12.8. The van der Waals surface area contributed by atoms with Gasteiger partial charge in [-0.15, -0.1) is 11.3 Å². The molecule has 1 aliphatic rings. The van der Waals surface area contributed by atoms with Gasteiger partial charge in [-0.05, 0) is 43.2 Å². The first-order valence-electron chi connectivity index (χ1n) is 8.00. The topological polar surface area (TPSA) is 46.3 Å². The molecule has 23 heavy (non-hydrogen) atoms. The predicted molar refractivity (Wildman–Crippen MR) is 90.6 cm³/mol. The van der Waals surface area contributed by atoms with Crippen LogP contribution in [0, 0.1) is 0 Å². The van der Waals surface area contributed by atoms with Crippen molar-refractivity contribution in [1.29, 1.82) is 0 Å². The van der Waals surface area contributed by atoms with E-state index < -0.39 is 0 Å². The number of benzene rings is 1. The maximum atomic E-state index is 13.1. The van der Waals surface area contributed by atoms with Crippen molar-refractivity contribution in [2.24, 2.45) is 0 Å². The zero-order valence-corrected chi connectivity index (χ0v) is 13.6. The minimum absolute atomic E-state index is 0.0390. The molecule has 4 rings (SSSR count). The number of thiazole rings is 1. The molecule has 1 fully saturated rings. The molecule has 1 aliphatic heterocycles. The van der Waals surface area contributed by atoms with Gasteiger partial charge in [-0.1, -0.05) is 12.8 Å². The molecule has 118 valence electrons. The van der Waals surface area contributed by atoms with Gasteiger partial charge in [-0.25, -0.2) is 4.98 Å². The van der Waals surface area contributed by atoms with Gasteiger partial charge in [-0.3, -0.25) is 4.79 Å². The Kier molecular flexibility index (Phi) is 3.87. The molecular formula is C18H18N2O2S. The van der Waals surface area contributed by atoms with Crippen molar-refractivity contribution < 1.29 is 9.21 Å². The average molecular weight is 326 g/mol. The highest BCUT2D eigenvalue weighted by molar-refractivity contribution is 7.16. The highest BCUT2D eigenvalue weighted by Gasteiger charge is 2.29. The number of furan rings is 1. The van der Waals surface area contributed by atoms with E-state index in [1.807, 2.05) is 40.7 Å². The quantitative estimate of drug-likeness (QED) is 0.689. The summed E-state index contributed by atoms with van der Waals surface area (Å²) in [5.74, 6) is 0.975. The third kappa shape index (κ3) is 2.77. The van der Waals surface area contributed by atoms with Gasteiger partial charge in [0.15, 0.2) is 0 Å². The van der Waals surface area contributed by atoms with E-state index in [0.717, 1.165) is 53.8 Å². The molecule has 1 saturated heterocycles. The van der Waals surface area contributed by atoms with Crippen LogP contribution in [0.4, 0.5) is 0 Å². The number of rotatable bonds is 2. The van der Waals surface area contributed by atoms with Crippen molar-refractivity contribution in [3.63, 3.8) is 0 Å². The number of hydrogen-bond donors (Lipinski definition) is 0. The van der Waals surface area contributed by atoms with E-state index in [2.05, 4.69) is 4.98 Å². The normalized spacial score (nSPS) is 19.0. The second-order valence-electron chi connectivity index (χ2n) is 5.91. The molecule has 0 spiro atoms. The standard InChI is InChI=1S/C18H18N2O2S/c21-18(13-7-8-14-17(11-13)23-12-19-14)20-9-3-1-2-5-15(20)16-6-4-10-22-16/h4,6-8,10-12,15H,1-3,5,9H2/t15-/m0/s1. The third-order valence-electron chi connectivity index (χ3n) is 4.46. The van der Waals surface area contributed by atoms with Crippen molar-refractivity contribution in [1.82, 2.24) is 9.88 Å². The Morgan fingerprint density at radius 2 is 2.22 bits per heavy atom. The van der Waals surface area contributed by atoms with Gasteiger partial charge in [0.2, 0.25) is 0 Å². The Bertz CT molecular complexity index is 809. The lowest BCUT2D eigenvalue weighted by atomic mass is 10.1. The number of aromatic nitrogens is 1. The van der Waals surface area contributed by atoms with Crippen LogP contribution in [0.2, 0.25) is 0 Å². The number of hydrogen-bond acceptors (Lipinski definition) is 4. The highest BCUT2D eigenvalue weighted by Crippen LogP contribution is 2.32. The minimum Gasteiger partial charge on any atom is -0.467 e. The lowest BCUT2D eigenvalue weighted by Gasteiger charge is -2.28. The molecule has 0 radical (unpaired) electrons. The van der Waals surface area contributed by atoms with E-state index in [4.69, 9.17) is 4.42 Å². The fourth-order valence-electron chi connectivity index (χ4n) is 3.28. The van der Waals surface area contributed by atoms with Gasteiger partial charge in [0.05, 0.1) is 28.0 Å². The van der Waals surface area contributed by atoms with Crippen LogP contribution >= 0.6 is 11.3 Å². The van der Waals surface area contributed by atoms with Gasteiger partial charge in [-0.2, -0.15) is 0 Å². The van der Waals surface area contributed by atoms with E-state index >= 15 is 0 Å². The first kappa shape index (κ1) is 14.5.